The number of carbonyl (C=O) groups is 6. The number of rotatable bonds is 13. The quantitative estimate of drug-likeness (QED) is 0.150. The lowest BCUT2D eigenvalue weighted by Gasteiger charge is -2.37. The highest BCUT2D eigenvalue weighted by molar-refractivity contribution is 6.38. The summed E-state index contributed by atoms with van der Waals surface area (Å²) >= 11 is 0. The summed E-state index contributed by atoms with van der Waals surface area (Å²) in [5, 5.41) is 10.5. The third-order valence-corrected chi connectivity index (χ3v) is 7.84. The maximum Gasteiger partial charge on any atom is 0.291 e. The average molecular weight is 601 g/mol. The SMILES string of the molecule is CCC(CC)[C@H](NC(=O)c1cnccn1)C(=O)NC(C(=O)N1CCCC1C(=O)N[C@@H](N)C(=O)C(=O)NC1CC1)C(C)(C)C. The molecular formula is C29H44N8O6. The van der Waals surface area contributed by atoms with Crippen molar-refractivity contribution in [3.63, 3.8) is 0 Å². The van der Waals surface area contributed by atoms with Gasteiger partial charge in [0.05, 0.1) is 6.20 Å². The average Bonchev–Trinajstić information content (AvgIpc) is 3.65. The zero-order valence-electron chi connectivity index (χ0n) is 25.5. The molecule has 1 saturated carbocycles. The van der Waals surface area contributed by atoms with E-state index in [1.807, 2.05) is 13.8 Å². The van der Waals surface area contributed by atoms with Crippen LogP contribution < -0.4 is 27.0 Å². The number of nitrogens with one attached hydrogen (secondary N) is 4. The van der Waals surface area contributed by atoms with Crippen molar-refractivity contribution < 1.29 is 28.8 Å². The first-order valence-corrected chi connectivity index (χ1v) is 14.9. The van der Waals surface area contributed by atoms with Gasteiger partial charge in [-0.1, -0.05) is 47.5 Å². The number of amides is 5. The molecule has 3 rings (SSSR count). The summed E-state index contributed by atoms with van der Waals surface area (Å²) in [6, 6.07) is -2.98. The van der Waals surface area contributed by atoms with E-state index in [9.17, 15) is 28.8 Å². The van der Waals surface area contributed by atoms with Crippen LogP contribution in [0, 0.1) is 11.3 Å². The summed E-state index contributed by atoms with van der Waals surface area (Å²) in [6.45, 7) is 9.45. The first kappa shape index (κ1) is 33.6. The number of nitrogens with zero attached hydrogens (tertiary/aromatic N) is 3. The Kier molecular flexibility index (Phi) is 11.3. The smallest absolute Gasteiger partial charge is 0.291 e. The van der Waals surface area contributed by atoms with Crippen molar-refractivity contribution in [1.29, 1.82) is 0 Å². The van der Waals surface area contributed by atoms with Crippen molar-refractivity contribution in [2.75, 3.05) is 6.54 Å². The van der Waals surface area contributed by atoms with Gasteiger partial charge in [-0.15, -0.1) is 0 Å². The summed E-state index contributed by atoms with van der Waals surface area (Å²) in [7, 11) is 0. The molecule has 0 spiro atoms. The van der Waals surface area contributed by atoms with Crippen molar-refractivity contribution in [1.82, 2.24) is 36.1 Å². The highest BCUT2D eigenvalue weighted by Crippen LogP contribution is 2.27. The molecule has 1 aliphatic carbocycles. The zero-order chi connectivity index (χ0) is 31.9. The van der Waals surface area contributed by atoms with E-state index in [2.05, 4.69) is 31.2 Å². The van der Waals surface area contributed by atoms with Crippen molar-refractivity contribution in [2.45, 2.75) is 103 Å². The standard InChI is InChI=1S/C29H44N8O6/c1-6-16(7-2)20(34-24(39)18-15-31-12-13-32-18)26(41)35-22(29(3,4)5)28(43)37-14-8-9-19(37)25(40)36-23(30)21(38)27(42)33-17-10-11-17/h12-13,15-17,19-20,22-23H,6-11,14,30H2,1-5H3,(H,33,42)(H,34,39)(H,35,41)(H,36,40)/t19?,20-,22?,23+/m0/s1. The number of hydrogen-bond donors (Lipinski definition) is 5. The number of ketones is 1. The molecule has 236 valence electrons. The predicted molar refractivity (Wildman–Crippen MR) is 156 cm³/mol. The maximum absolute atomic E-state index is 13.9. The second-order valence-corrected chi connectivity index (χ2v) is 12.2. The minimum Gasteiger partial charge on any atom is -0.347 e. The van der Waals surface area contributed by atoms with E-state index < -0.39 is 65.0 Å². The number of Topliss-reactive ketones (excluding diaryl/α,β-unsaturated/α-hetero) is 1. The highest BCUT2D eigenvalue weighted by atomic mass is 16.2. The zero-order valence-corrected chi connectivity index (χ0v) is 25.5. The first-order valence-electron chi connectivity index (χ1n) is 14.9. The molecule has 1 aromatic rings. The summed E-state index contributed by atoms with van der Waals surface area (Å²) in [5.41, 5.74) is 5.11. The number of carbonyl (C=O) groups excluding carboxylic acids is 6. The fraction of sp³-hybridized carbons (Fsp3) is 0.655. The molecule has 5 amide bonds. The van der Waals surface area contributed by atoms with Crippen LogP contribution in [0.4, 0.5) is 0 Å². The highest BCUT2D eigenvalue weighted by Gasteiger charge is 2.44. The lowest BCUT2D eigenvalue weighted by molar-refractivity contribution is -0.145. The Morgan fingerprint density at radius 1 is 1.00 bits per heavy atom. The van der Waals surface area contributed by atoms with E-state index in [0.29, 0.717) is 25.7 Å². The Morgan fingerprint density at radius 2 is 1.67 bits per heavy atom. The molecule has 2 fully saturated rings. The van der Waals surface area contributed by atoms with E-state index in [0.717, 1.165) is 12.8 Å². The molecule has 2 unspecified atom stereocenters. The molecule has 14 heteroatoms. The van der Waals surface area contributed by atoms with Crippen LogP contribution in [0.15, 0.2) is 18.6 Å². The van der Waals surface area contributed by atoms with Gasteiger partial charge in [-0.3, -0.25) is 33.8 Å². The molecule has 1 aromatic heterocycles. The summed E-state index contributed by atoms with van der Waals surface area (Å²) in [4.78, 5) is 87.4. The summed E-state index contributed by atoms with van der Waals surface area (Å²) in [6.07, 6.45) is 6.16. The summed E-state index contributed by atoms with van der Waals surface area (Å²) in [5.74, 6) is -4.28. The Hall–Kier alpha value is -3.94. The van der Waals surface area contributed by atoms with Gasteiger partial charge in [-0.2, -0.15) is 0 Å². The fourth-order valence-corrected chi connectivity index (χ4v) is 5.08. The molecule has 14 nitrogen and oxygen atoms in total. The van der Waals surface area contributed by atoms with Crippen molar-refractivity contribution >= 4 is 35.3 Å². The molecule has 1 aliphatic heterocycles. The Balaban J connectivity index is 1.74. The van der Waals surface area contributed by atoms with Crippen molar-refractivity contribution in [3.8, 4) is 0 Å². The molecule has 0 aromatic carbocycles. The maximum atomic E-state index is 13.9. The molecule has 0 radical (unpaired) electrons. The minimum absolute atomic E-state index is 0.0447. The second-order valence-electron chi connectivity index (χ2n) is 12.2. The van der Waals surface area contributed by atoms with Gasteiger partial charge in [0, 0.05) is 25.0 Å². The van der Waals surface area contributed by atoms with Crippen LogP contribution in [0.3, 0.4) is 0 Å². The van der Waals surface area contributed by atoms with E-state index in [-0.39, 0.29) is 24.2 Å². The topological polar surface area (TPSA) is 206 Å². The van der Waals surface area contributed by atoms with Crippen LogP contribution in [0.2, 0.25) is 0 Å². The van der Waals surface area contributed by atoms with E-state index >= 15 is 0 Å². The molecule has 43 heavy (non-hydrogen) atoms. The van der Waals surface area contributed by atoms with Crippen molar-refractivity contribution in [3.05, 3.63) is 24.3 Å². The summed E-state index contributed by atoms with van der Waals surface area (Å²) < 4.78 is 0. The van der Waals surface area contributed by atoms with Crippen molar-refractivity contribution in [2.24, 2.45) is 17.1 Å². The predicted octanol–water partition coefficient (Wildman–Crippen LogP) is -0.218. The van der Waals surface area contributed by atoms with Crippen LogP contribution in [-0.2, 0) is 24.0 Å². The largest absolute Gasteiger partial charge is 0.347 e. The van der Waals surface area contributed by atoms with E-state index in [4.69, 9.17) is 5.73 Å². The van der Waals surface area contributed by atoms with Crippen LogP contribution in [-0.4, -0.2) is 87.1 Å². The molecule has 2 aliphatic rings. The second kappa shape index (κ2) is 14.5. The van der Waals surface area contributed by atoms with Gasteiger partial charge >= 0.3 is 0 Å². The van der Waals surface area contributed by atoms with E-state index in [1.165, 1.54) is 23.5 Å². The molecule has 6 N–H and O–H groups in total. The van der Waals surface area contributed by atoms with Gasteiger partial charge < -0.3 is 31.9 Å². The normalized spacial score (nSPS) is 18.8. The molecule has 1 saturated heterocycles. The van der Waals surface area contributed by atoms with Gasteiger partial charge in [0.25, 0.3) is 17.6 Å². The van der Waals surface area contributed by atoms with Gasteiger partial charge in [-0.05, 0) is 37.0 Å². The monoisotopic (exact) mass is 600 g/mol. The number of aromatic nitrogens is 2. The van der Waals surface area contributed by atoms with Gasteiger partial charge in [-0.25, -0.2) is 4.98 Å². The van der Waals surface area contributed by atoms with E-state index in [1.54, 1.807) is 20.8 Å². The minimum atomic E-state index is -1.55. The van der Waals surface area contributed by atoms with Crippen LogP contribution in [0.5, 0.6) is 0 Å². The third kappa shape index (κ3) is 8.78. The lowest BCUT2D eigenvalue weighted by Crippen LogP contribution is -2.62. The Labute approximate surface area is 251 Å². The molecular weight excluding hydrogens is 556 g/mol. The Bertz CT molecular complexity index is 1200. The van der Waals surface area contributed by atoms with Gasteiger partial charge in [0.1, 0.15) is 30.0 Å². The first-order chi connectivity index (χ1) is 20.3. The number of likely N-dealkylation sites (tertiary alicyclic amines) is 1. The van der Waals surface area contributed by atoms with Crippen LogP contribution in [0.25, 0.3) is 0 Å². The molecule has 0 bridgehead atoms. The lowest BCUT2D eigenvalue weighted by atomic mass is 9.84. The Morgan fingerprint density at radius 3 is 2.23 bits per heavy atom. The van der Waals surface area contributed by atoms with Crippen LogP contribution in [0.1, 0.15) is 83.6 Å². The molecule has 2 heterocycles. The number of hydrogen-bond acceptors (Lipinski definition) is 9. The third-order valence-electron chi connectivity index (χ3n) is 7.84. The van der Waals surface area contributed by atoms with Crippen LogP contribution >= 0.6 is 0 Å². The fourth-order valence-electron chi connectivity index (χ4n) is 5.08. The van der Waals surface area contributed by atoms with Gasteiger partial charge in [0.15, 0.2) is 0 Å². The number of nitrogens with two attached hydrogens (primary N) is 1. The molecule has 4 atom stereocenters. The van der Waals surface area contributed by atoms with Gasteiger partial charge in [0.2, 0.25) is 17.7 Å².